The second-order valence-electron chi connectivity index (χ2n) is 4.84. The Labute approximate surface area is 105 Å². The number of nitrogens with one attached hydrogen (secondary N) is 1. The fourth-order valence-corrected chi connectivity index (χ4v) is 1.89. The van der Waals surface area contributed by atoms with E-state index in [0.717, 1.165) is 5.56 Å². The number of rotatable bonds is 4. The first-order chi connectivity index (χ1) is 8.50. The minimum absolute atomic E-state index is 0.0979. The van der Waals surface area contributed by atoms with Crippen molar-refractivity contribution in [3.8, 4) is 5.75 Å². The Balaban J connectivity index is 2.29. The topological polar surface area (TPSA) is 94.8 Å². The van der Waals surface area contributed by atoms with E-state index in [1.165, 1.54) is 0 Å². The van der Waals surface area contributed by atoms with Crippen LogP contribution in [0.1, 0.15) is 30.0 Å². The summed E-state index contributed by atoms with van der Waals surface area (Å²) in [6.07, 6.45) is 1.12. The number of pyridine rings is 1. The summed E-state index contributed by atoms with van der Waals surface area (Å²) >= 11 is 0. The minimum Gasteiger partial charge on any atom is -0.506 e. The Bertz CT molecular complexity index is 446. The van der Waals surface area contributed by atoms with Crippen LogP contribution in [0.5, 0.6) is 5.75 Å². The second kappa shape index (κ2) is 4.81. The number of aromatic nitrogens is 1. The van der Waals surface area contributed by atoms with Gasteiger partial charge in [0.15, 0.2) is 0 Å². The molecule has 1 aliphatic heterocycles. The second-order valence-corrected chi connectivity index (χ2v) is 4.84. The van der Waals surface area contributed by atoms with Gasteiger partial charge in [-0.2, -0.15) is 0 Å². The first kappa shape index (κ1) is 13.2. The lowest BCUT2D eigenvalue weighted by Crippen LogP contribution is -2.50. The van der Waals surface area contributed by atoms with Gasteiger partial charge in [0, 0.05) is 17.3 Å². The summed E-state index contributed by atoms with van der Waals surface area (Å²) in [4.78, 5) is 4.07. The highest BCUT2D eigenvalue weighted by atomic mass is 16.5. The van der Waals surface area contributed by atoms with E-state index in [-0.39, 0.29) is 19.0 Å². The minimum atomic E-state index is -0.865. The van der Waals surface area contributed by atoms with Gasteiger partial charge in [-0.15, -0.1) is 0 Å². The van der Waals surface area contributed by atoms with Crippen LogP contribution in [0.3, 0.4) is 0 Å². The molecule has 0 spiro atoms. The molecule has 6 heteroatoms. The molecule has 100 valence electrons. The molecule has 0 saturated carbocycles. The fraction of sp³-hybridized carbons (Fsp3) is 0.583. The summed E-state index contributed by atoms with van der Waals surface area (Å²) in [6.45, 7) is 3.27. The van der Waals surface area contributed by atoms with Crippen molar-refractivity contribution in [1.29, 1.82) is 0 Å². The molecule has 18 heavy (non-hydrogen) atoms. The van der Waals surface area contributed by atoms with Crippen LogP contribution in [0, 0.1) is 6.92 Å². The Hall–Kier alpha value is -1.21. The summed E-state index contributed by atoms with van der Waals surface area (Å²) in [6, 6.07) is 0. The molecule has 0 fully saturated rings. The Morgan fingerprint density at radius 2 is 2.17 bits per heavy atom. The van der Waals surface area contributed by atoms with Crippen LogP contribution in [-0.2, 0) is 11.3 Å². The average molecular weight is 254 g/mol. The third kappa shape index (κ3) is 2.20. The first-order valence-electron chi connectivity index (χ1n) is 5.79. The molecule has 2 rings (SSSR count). The highest BCUT2D eigenvalue weighted by molar-refractivity contribution is 5.43. The predicted molar refractivity (Wildman–Crippen MR) is 63.9 cm³/mol. The van der Waals surface area contributed by atoms with E-state index in [2.05, 4.69) is 10.3 Å². The number of hydrogen-bond acceptors (Lipinski definition) is 6. The molecular weight excluding hydrogens is 236 g/mol. The molecule has 1 aliphatic rings. The van der Waals surface area contributed by atoms with Gasteiger partial charge in [0.05, 0.1) is 31.1 Å². The number of aliphatic hydroxyl groups is 2. The van der Waals surface area contributed by atoms with Crippen molar-refractivity contribution >= 4 is 0 Å². The van der Waals surface area contributed by atoms with Crippen LogP contribution in [0.4, 0.5) is 0 Å². The van der Waals surface area contributed by atoms with Gasteiger partial charge >= 0.3 is 0 Å². The zero-order valence-corrected chi connectivity index (χ0v) is 10.5. The van der Waals surface area contributed by atoms with E-state index in [4.69, 9.17) is 4.74 Å². The lowest BCUT2D eigenvalue weighted by Gasteiger charge is -2.30. The van der Waals surface area contributed by atoms with Gasteiger partial charge in [0.25, 0.3) is 0 Å². The molecule has 0 amide bonds. The van der Waals surface area contributed by atoms with Crippen LogP contribution < -0.4 is 5.32 Å². The van der Waals surface area contributed by atoms with Crippen molar-refractivity contribution in [2.75, 3.05) is 13.2 Å². The van der Waals surface area contributed by atoms with Gasteiger partial charge in [-0.3, -0.25) is 10.3 Å². The molecule has 0 saturated heterocycles. The maximum absolute atomic E-state index is 10.0. The predicted octanol–water partition coefficient (Wildman–Crippen LogP) is -0.0427. The van der Waals surface area contributed by atoms with E-state index in [1.54, 1.807) is 20.0 Å². The van der Waals surface area contributed by atoms with Crippen molar-refractivity contribution in [1.82, 2.24) is 10.3 Å². The number of hydrogen-bond donors (Lipinski definition) is 4. The summed E-state index contributed by atoms with van der Waals surface area (Å²) < 4.78 is 5.53. The molecule has 1 aromatic heterocycles. The lowest BCUT2D eigenvalue weighted by molar-refractivity contribution is -0.00950. The van der Waals surface area contributed by atoms with Crippen molar-refractivity contribution in [2.24, 2.45) is 0 Å². The lowest BCUT2D eigenvalue weighted by atomic mass is 10.0. The average Bonchev–Trinajstić information content (AvgIpc) is 2.77. The van der Waals surface area contributed by atoms with Crippen LogP contribution in [0.2, 0.25) is 0 Å². The van der Waals surface area contributed by atoms with E-state index in [1.807, 2.05) is 0 Å². The van der Waals surface area contributed by atoms with E-state index in [0.29, 0.717) is 17.9 Å². The van der Waals surface area contributed by atoms with Crippen molar-refractivity contribution in [2.45, 2.75) is 32.2 Å². The standard InChI is InChI=1S/C12H18N2O4/c1-7-10(17)9-8(3-13-7)4-18-11(9)14-12(2,5-15)6-16/h3,11,14-17H,4-6H2,1-2H3. The van der Waals surface area contributed by atoms with Crippen LogP contribution in [0.25, 0.3) is 0 Å². The molecule has 0 radical (unpaired) electrons. The molecule has 1 aromatic rings. The highest BCUT2D eigenvalue weighted by Gasteiger charge is 2.34. The molecule has 4 N–H and O–H groups in total. The largest absolute Gasteiger partial charge is 0.506 e. The number of fused-ring (bicyclic) bond motifs is 1. The summed E-state index contributed by atoms with van der Waals surface area (Å²) in [5.74, 6) is 0.0979. The van der Waals surface area contributed by atoms with Gasteiger partial charge in [0.2, 0.25) is 0 Å². The van der Waals surface area contributed by atoms with Gasteiger partial charge < -0.3 is 20.1 Å². The third-order valence-electron chi connectivity index (χ3n) is 3.20. The number of aryl methyl sites for hydroxylation is 1. The van der Waals surface area contributed by atoms with Crippen LogP contribution >= 0.6 is 0 Å². The molecular formula is C12H18N2O4. The Kier molecular flexibility index (Phi) is 3.54. The Morgan fingerprint density at radius 1 is 1.50 bits per heavy atom. The molecule has 0 aliphatic carbocycles. The fourth-order valence-electron chi connectivity index (χ4n) is 1.89. The SMILES string of the molecule is Cc1ncc2c(c1O)C(NC(C)(CO)CO)OC2. The number of ether oxygens (including phenoxy) is 1. The van der Waals surface area contributed by atoms with E-state index < -0.39 is 11.8 Å². The van der Waals surface area contributed by atoms with Gasteiger partial charge in [-0.05, 0) is 13.8 Å². The molecule has 2 heterocycles. The summed E-state index contributed by atoms with van der Waals surface area (Å²) in [5, 5.41) is 31.6. The first-order valence-corrected chi connectivity index (χ1v) is 5.79. The maximum Gasteiger partial charge on any atom is 0.144 e. The zero-order chi connectivity index (χ0) is 13.3. The van der Waals surface area contributed by atoms with Crippen molar-refractivity contribution < 1.29 is 20.1 Å². The van der Waals surface area contributed by atoms with Crippen molar-refractivity contribution in [3.05, 3.63) is 23.0 Å². The molecule has 6 nitrogen and oxygen atoms in total. The molecule has 0 aromatic carbocycles. The monoisotopic (exact) mass is 254 g/mol. The van der Waals surface area contributed by atoms with Crippen LogP contribution in [0.15, 0.2) is 6.20 Å². The quantitative estimate of drug-likeness (QED) is 0.602. The maximum atomic E-state index is 10.0. The van der Waals surface area contributed by atoms with Gasteiger partial charge in [-0.25, -0.2) is 0 Å². The normalized spacial score (nSPS) is 19.0. The van der Waals surface area contributed by atoms with Crippen molar-refractivity contribution in [3.63, 3.8) is 0 Å². The molecule has 0 bridgehead atoms. The number of aromatic hydroxyl groups is 1. The van der Waals surface area contributed by atoms with Gasteiger partial charge in [0.1, 0.15) is 12.0 Å². The summed E-state index contributed by atoms with van der Waals surface area (Å²) in [5.41, 5.74) is 1.11. The number of nitrogens with zero attached hydrogens (tertiary/aromatic N) is 1. The number of aliphatic hydroxyl groups excluding tert-OH is 2. The van der Waals surface area contributed by atoms with E-state index in [9.17, 15) is 15.3 Å². The Morgan fingerprint density at radius 3 is 2.78 bits per heavy atom. The van der Waals surface area contributed by atoms with E-state index >= 15 is 0 Å². The zero-order valence-electron chi connectivity index (χ0n) is 10.5. The molecule has 1 unspecified atom stereocenters. The van der Waals surface area contributed by atoms with Gasteiger partial charge in [-0.1, -0.05) is 0 Å². The third-order valence-corrected chi connectivity index (χ3v) is 3.20. The summed E-state index contributed by atoms with van der Waals surface area (Å²) in [7, 11) is 0. The van der Waals surface area contributed by atoms with Crippen LogP contribution in [-0.4, -0.2) is 39.1 Å². The highest BCUT2D eigenvalue weighted by Crippen LogP contribution is 2.37. The molecule has 1 atom stereocenters. The smallest absolute Gasteiger partial charge is 0.144 e.